The lowest BCUT2D eigenvalue weighted by atomic mass is 9.86. The van der Waals surface area contributed by atoms with Gasteiger partial charge in [-0.05, 0) is 57.6 Å². The summed E-state index contributed by atoms with van der Waals surface area (Å²) >= 11 is 5.95. The van der Waals surface area contributed by atoms with Gasteiger partial charge in [-0.25, -0.2) is 18.1 Å². The minimum Gasteiger partial charge on any atom is -0.367 e. The van der Waals surface area contributed by atoms with Gasteiger partial charge in [-0.3, -0.25) is 0 Å². The van der Waals surface area contributed by atoms with Gasteiger partial charge in [0.25, 0.3) is 0 Å². The first kappa shape index (κ1) is 17.5. The highest BCUT2D eigenvalue weighted by molar-refractivity contribution is 7.90. The van der Waals surface area contributed by atoms with Crippen LogP contribution in [0.5, 0.6) is 0 Å². The molecule has 1 heterocycles. The average molecular weight is 346 g/mol. The lowest BCUT2D eigenvalue weighted by Crippen LogP contribution is -2.37. The fourth-order valence-electron chi connectivity index (χ4n) is 2.60. The van der Waals surface area contributed by atoms with Crippen molar-refractivity contribution in [2.45, 2.75) is 50.8 Å². The van der Waals surface area contributed by atoms with Gasteiger partial charge in [0.15, 0.2) is 0 Å². The number of pyridine rings is 1. The molecule has 0 bridgehead atoms. The molecule has 7 heteroatoms. The van der Waals surface area contributed by atoms with Gasteiger partial charge >= 0.3 is 0 Å². The highest BCUT2D eigenvalue weighted by Gasteiger charge is 2.23. The molecule has 0 atom stereocenters. The molecular weight excluding hydrogens is 322 g/mol. The monoisotopic (exact) mass is 345 g/mol. The minimum atomic E-state index is -3.15. The van der Waals surface area contributed by atoms with Gasteiger partial charge in [-0.2, -0.15) is 0 Å². The van der Waals surface area contributed by atoms with Crippen LogP contribution in [0.15, 0.2) is 18.3 Å². The van der Waals surface area contributed by atoms with E-state index in [4.69, 9.17) is 11.6 Å². The zero-order valence-electron chi connectivity index (χ0n) is 13.0. The molecule has 0 aliphatic heterocycles. The third-order valence-electron chi connectivity index (χ3n) is 4.11. The number of aromatic nitrogens is 1. The average Bonchev–Trinajstić information content (AvgIpc) is 2.46. The van der Waals surface area contributed by atoms with Crippen molar-refractivity contribution in [1.29, 1.82) is 0 Å². The SMILES string of the molecule is CC(C)S(=O)(=O)NCC1CCC(Nc2cc(Cl)ccn2)CC1. The van der Waals surface area contributed by atoms with Crippen molar-refractivity contribution < 1.29 is 8.42 Å². The fourth-order valence-corrected chi connectivity index (χ4v) is 3.57. The predicted octanol–water partition coefficient (Wildman–Crippen LogP) is 3.03. The molecule has 1 fully saturated rings. The maximum Gasteiger partial charge on any atom is 0.213 e. The van der Waals surface area contributed by atoms with Crippen LogP contribution in [0, 0.1) is 5.92 Å². The first-order valence-electron chi connectivity index (χ1n) is 7.73. The van der Waals surface area contributed by atoms with E-state index in [2.05, 4.69) is 15.0 Å². The van der Waals surface area contributed by atoms with Crippen molar-refractivity contribution in [3.63, 3.8) is 0 Å². The molecular formula is C15H24ClN3O2S. The van der Waals surface area contributed by atoms with Gasteiger partial charge in [0, 0.05) is 23.8 Å². The van der Waals surface area contributed by atoms with Crippen molar-refractivity contribution >= 4 is 27.4 Å². The molecule has 5 nitrogen and oxygen atoms in total. The maximum absolute atomic E-state index is 11.8. The summed E-state index contributed by atoms with van der Waals surface area (Å²) in [6.07, 6.45) is 5.75. The van der Waals surface area contributed by atoms with Crippen molar-refractivity contribution in [2.75, 3.05) is 11.9 Å². The topological polar surface area (TPSA) is 71.1 Å². The normalized spacial score (nSPS) is 22.7. The lowest BCUT2D eigenvalue weighted by molar-refractivity contribution is 0.336. The molecule has 2 rings (SSSR count). The summed E-state index contributed by atoms with van der Waals surface area (Å²) in [5.41, 5.74) is 0. The molecule has 1 aromatic rings. The number of nitrogens with zero attached hydrogens (tertiary/aromatic N) is 1. The van der Waals surface area contributed by atoms with E-state index in [0.717, 1.165) is 31.5 Å². The second-order valence-electron chi connectivity index (χ2n) is 6.16. The van der Waals surface area contributed by atoms with Crippen LogP contribution in [-0.4, -0.2) is 31.2 Å². The van der Waals surface area contributed by atoms with Crippen molar-refractivity contribution in [2.24, 2.45) is 5.92 Å². The van der Waals surface area contributed by atoms with Crippen LogP contribution in [0.2, 0.25) is 5.02 Å². The molecule has 1 aromatic heterocycles. The second-order valence-corrected chi connectivity index (χ2v) is 8.92. The number of hydrogen-bond donors (Lipinski definition) is 2. The number of nitrogens with one attached hydrogen (secondary N) is 2. The summed E-state index contributed by atoms with van der Waals surface area (Å²) in [5, 5.41) is 3.70. The highest BCUT2D eigenvalue weighted by Crippen LogP contribution is 2.26. The highest BCUT2D eigenvalue weighted by atomic mass is 35.5. The molecule has 0 spiro atoms. The minimum absolute atomic E-state index is 0.376. The van der Waals surface area contributed by atoms with Crippen LogP contribution >= 0.6 is 11.6 Å². The third kappa shape index (κ3) is 5.11. The summed E-state index contributed by atoms with van der Waals surface area (Å²) in [6, 6.07) is 3.96. The Morgan fingerprint density at radius 1 is 1.32 bits per heavy atom. The number of hydrogen-bond acceptors (Lipinski definition) is 4. The van der Waals surface area contributed by atoms with E-state index in [0.29, 0.717) is 23.5 Å². The smallest absolute Gasteiger partial charge is 0.213 e. The van der Waals surface area contributed by atoms with E-state index in [1.54, 1.807) is 26.1 Å². The Hall–Kier alpha value is -0.850. The molecule has 0 aromatic carbocycles. The first-order chi connectivity index (χ1) is 10.4. The third-order valence-corrected chi connectivity index (χ3v) is 6.16. The molecule has 0 saturated heterocycles. The molecule has 0 unspecified atom stereocenters. The van der Waals surface area contributed by atoms with Crippen LogP contribution in [0.4, 0.5) is 5.82 Å². The van der Waals surface area contributed by atoms with E-state index in [-0.39, 0.29) is 5.25 Å². The molecule has 22 heavy (non-hydrogen) atoms. The largest absolute Gasteiger partial charge is 0.367 e. The summed E-state index contributed by atoms with van der Waals surface area (Å²) in [5.74, 6) is 1.22. The molecule has 1 saturated carbocycles. The van der Waals surface area contributed by atoms with Crippen LogP contribution in [0.1, 0.15) is 39.5 Å². The first-order valence-corrected chi connectivity index (χ1v) is 9.66. The Labute approximate surface area is 137 Å². The second kappa shape index (κ2) is 7.62. The van der Waals surface area contributed by atoms with Gasteiger partial charge in [0.1, 0.15) is 5.82 Å². The molecule has 2 N–H and O–H groups in total. The fraction of sp³-hybridized carbons (Fsp3) is 0.667. The quantitative estimate of drug-likeness (QED) is 0.831. The summed E-state index contributed by atoms with van der Waals surface area (Å²) in [6.45, 7) is 3.94. The van der Waals surface area contributed by atoms with Crippen LogP contribution in [0.25, 0.3) is 0 Å². The number of rotatable bonds is 6. The summed E-state index contributed by atoms with van der Waals surface area (Å²) in [7, 11) is -3.15. The van der Waals surface area contributed by atoms with Crippen LogP contribution in [0.3, 0.4) is 0 Å². The van der Waals surface area contributed by atoms with E-state index >= 15 is 0 Å². The molecule has 1 aliphatic rings. The Kier molecular flexibility index (Phi) is 6.06. The van der Waals surface area contributed by atoms with Crippen LogP contribution in [-0.2, 0) is 10.0 Å². The predicted molar refractivity (Wildman–Crippen MR) is 90.7 cm³/mol. The van der Waals surface area contributed by atoms with E-state index < -0.39 is 10.0 Å². The van der Waals surface area contributed by atoms with E-state index in [1.165, 1.54) is 0 Å². The zero-order valence-corrected chi connectivity index (χ0v) is 14.6. The maximum atomic E-state index is 11.8. The number of anilines is 1. The van der Waals surface area contributed by atoms with Gasteiger partial charge in [-0.1, -0.05) is 11.6 Å². The van der Waals surface area contributed by atoms with Crippen molar-refractivity contribution in [3.05, 3.63) is 23.4 Å². The lowest BCUT2D eigenvalue weighted by Gasteiger charge is -2.29. The van der Waals surface area contributed by atoms with Gasteiger partial charge in [0.05, 0.1) is 5.25 Å². The van der Waals surface area contributed by atoms with Gasteiger partial charge in [-0.15, -0.1) is 0 Å². The Morgan fingerprint density at radius 3 is 2.59 bits per heavy atom. The summed E-state index contributed by atoms with van der Waals surface area (Å²) in [4.78, 5) is 4.25. The molecule has 124 valence electrons. The van der Waals surface area contributed by atoms with Crippen molar-refractivity contribution in [1.82, 2.24) is 9.71 Å². The Balaban J connectivity index is 1.76. The van der Waals surface area contributed by atoms with E-state index in [9.17, 15) is 8.42 Å². The Bertz CT molecular complexity index is 584. The van der Waals surface area contributed by atoms with E-state index in [1.807, 2.05) is 6.07 Å². The molecule has 0 radical (unpaired) electrons. The molecule has 1 aliphatic carbocycles. The Morgan fingerprint density at radius 2 is 2.00 bits per heavy atom. The standard InChI is InChI=1S/C15H24ClN3O2S/c1-11(2)22(20,21)18-10-12-3-5-14(6-4-12)19-15-9-13(16)7-8-17-15/h7-9,11-12,14,18H,3-6,10H2,1-2H3,(H,17,19). The number of halogens is 1. The van der Waals surface area contributed by atoms with Gasteiger partial charge < -0.3 is 5.32 Å². The van der Waals surface area contributed by atoms with Crippen molar-refractivity contribution in [3.8, 4) is 0 Å². The number of sulfonamides is 1. The van der Waals surface area contributed by atoms with Crippen LogP contribution < -0.4 is 10.0 Å². The zero-order chi connectivity index (χ0) is 16.2. The molecule has 0 amide bonds. The summed E-state index contributed by atoms with van der Waals surface area (Å²) < 4.78 is 26.3. The van der Waals surface area contributed by atoms with Gasteiger partial charge in [0.2, 0.25) is 10.0 Å².